The van der Waals surface area contributed by atoms with Crippen LogP contribution in [0.25, 0.3) is 0 Å². The quantitative estimate of drug-likeness (QED) is 0.833. The lowest BCUT2D eigenvalue weighted by Gasteiger charge is -2.42. The lowest BCUT2D eigenvalue weighted by atomic mass is 9.91. The van der Waals surface area contributed by atoms with E-state index in [1.165, 1.54) is 19.3 Å². The number of nitrogens with zero attached hydrogens (tertiary/aromatic N) is 2. The van der Waals surface area contributed by atoms with E-state index in [9.17, 15) is 4.79 Å². The third kappa shape index (κ3) is 3.73. The lowest BCUT2D eigenvalue weighted by Crippen LogP contribution is -2.55. The molecule has 4 heteroatoms. The third-order valence-electron chi connectivity index (χ3n) is 4.96. The molecule has 116 valence electrons. The summed E-state index contributed by atoms with van der Waals surface area (Å²) in [7, 11) is 2.02. The monoisotopic (exact) mass is 281 g/mol. The highest BCUT2D eigenvalue weighted by molar-refractivity contribution is 5.82. The molecule has 0 saturated carbocycles. The van der Waals surface area contributed by atoms with Gasteiger partial charge in [0.05, 0.1) is 6.04 Å². The van der Waals surface area contributed by atoms with E-state index in [1.54, 1.807) is 0 Å². The zero-order valence-corrected chi connectivity index (χ0v) is 13.4. The van der Waals surface area contributed by atoms with Gasteiger partial charge >= 0.3 is 0 Å². The van der Waals surface area contributed by atoms with Crippen molar-refractivity contribution in [2.45, 2.75) is 58.0 Å². The minimum Gasteiger partial charge on any atom is -0.339 e. The molecule has 1 amide bonds. The van der Waals surface area contributed by atoms with Crippen LogP contribution in [0, 0.1) is 5.92 Å². The molecule has 2 heterocycles. The summed E-state index contributed by atoms with van der Waals surface area (Å²) in [4.78, 5) is 17.1. The number of amides is 1. The molecule has 4 nitrogen and oxygen atoms in total. The Hall–Kier alpha value is -0.610. The van der Waals surface area contributed by atoms with Crippen LogP contribution < -0.4 is 5.32 Å². The molecule has 1 N–H and O–H groups in total. The van der Waals surface area contributed by atoms with Crippen molar-refractivity contribution >= 4 is 5.91 Å². The molecule has 0 bridgehead atoms. The highest BCUT2D eigenvalue weighted by Crippen LogP contribution is 2.26. The van der Waals surface area contributed by atoms with Gasteiger partial charge in [0.25, 0.3) is 0 Å². The van der Waals surface area contributed by atoms with Crippen molar-refractivity contribution in [2.24, 2.45) is 5.92 Å². The Balaban J connectivity index is 1.85. The summed E-state index contributed by atoms with van der Waals surface area (Å²) in [5.41, 5.74) is 0. The number of piperidine rings is 2. The van der Waals surface area contributed by atoms with Crippen molar-refractivity contribution in [3.05, 3.63) is 0 Å². The number of likely N-dealkylation sites (tertiary alicyclic amines) is 2. The van der Waals surface area contributed by atoms with Gasteiger partial charge < -0.3 is 10.2 Å². The Bertz CT molecular complexity index is 311. The van der Waals surface area contributed by atoms with Crippen LogP contribution >= 0.6 is 0 Å². The maximum Gasteiger partial charge on any atom is 0.240 e. The highest BCUT2D eigenvalue weighted by atomic mass is 16.2. The van der Waals surface area contributed by atoms with E-state index < -0.39 is 0 Å². The molecule has 2 fully saturated rings. The molecule has 0 aromatic rings. The van der Waals surface area contributed by atoms with Crippen molar-refractivity contribution in [1.82, 2.24) is 15.1 Å². The Labute approximate surface area is 123 Å². The van der Waals surface area contributed by atoms with Crippen LogP contribution in [0.3, 0.4) is 0 Å². The number of nitrogens with one attached hydrogen (secondary N) is 1. The second-order valence-electron chi connectivity index (χ2n) is 6.65. The summed E-state index contributed by atoms with van der Waals surface area (Å²) in [6.07, 6.45) is 6.01. The lowest BCUT2D eigenvalue weighted by molar-refractivity contribution is -0.142. The number of carbonyl (C=O) groups is 1. The van der Waals surface area contributed by atoms with Crippen molar-refractivity contribution in [3.63, 3.8) is 0 Å². The smallest absolute Gasteiger partial charge is 0.240 e. The van der Waals surface area contributed by atoms with Crippen molar-refractivity contribution in [2.75, 3.05) is 33.2 Å². The van der Waals surface area contributed by atoms with Gasteiger partial charge in [-0.25, -0.2) is 0 Å². The molecule has 2 saturated heterocycles. The SMILES string of the molecule is CNCCC1CCN(C2CCCN(C(C)C)C2=O)CC1. The number of hydrogen-bond donors (Lipinski definition) is 1. The van der Waals surface area contributed by atoms with E-state index in [2.05, 4.69) is 29.0 Å². The summed E-state index contributed by atoms with van der Waals surface area (Å²) in [5.74, 6) is 1.22. The van der Waals surface area contributed by atoms with Gasteiger partial charge in [-0.1, -0.05) is 0 Å². The molecule has 0 aromatic heterocycles. The Morgan fingerprint density at radius 3 is 2.50 bits per heavy atom. The first-order chi connectivity index (χ1) is 9.63. The first kappa shape index (κ1) is 15.8. The fourth-order valence-electron chi connectivity index (χ4n) is 3.63. The van der Waals surface area contributed by atoms with Gasteiger partial charge in [0.1, 0.15) is 0 Å². The van der Waals surface area contributed by atoms with Crippen molar-refractivity contribution in [1.29, 1.82) is 0 Å². The first-order valence-corrected chi connectivity index (χ1v) is 8.32. The Kier molecular flexibility index (Phi) is 5.85. The van der Waals surface area contributed by atoms with Crippen molar-refractivity contribution in [3.8, 4) is 0 Å². The van der Waals surface area contributed by atoms with Crippen LogP contribution in [0.5, 0.6) is 0 Å². The predicted molar refractivity (Wildman–Crippen MR) is 82.7 cm³/mol. The fourth-order valence-corrected chi connectivity index (χ4v) is 3.63. The fraction of sp³-hybridized carbons (Fsp3) is 0.938. The number of rotatable bonds is 5. The largest absolute Gasteiger partial charge is 0.339 e. The minimum absolute atomic E-state index is 0.163. The molecule has 1 atom stereocenters. The standard InChI is InChI=1S/C16H31N3O/c1-13(2)19-10-4-5-15(16(19)20)18-11-7-14(8-12-18)6-9-17-3/h13-15,17H,4-12H2,1-3H3. The molecule has 0 aromatic carbocycles. The predicted octanol–water partition coefficient (Wildman–Crippen LogP) is 1.71. The maximum absolute atomic E-state index is 12.6. The molecule has 0 aliphatic carbocycles. The zero-order chi connectivity index (χ0) is 14.5. The molecular weight excluding hydrogens is 250 g/mol. The normalized spacial score (nSPS) is 26.5. The van der Waals surface area contributed by atoms with Crippen LogP contribution in [0.15, 0.2) is 0 Å². The second-order valence-corrected chi connectivity index (χ2v) is 6.65. The van der Waals surface area contributed by atoms with E-state index in [4.69, 9.17) is 0 Å². The molecular formula is C16H31N3O. The third-order valence-corrected chi connectivity index (χ3v) is 4.96. The topological polar surface area (TPSA) is 35.6 Å². The van der Waals surface area contributed by atoms with Crippen molar-refractivity contribution < 1.29 is 4.79 Å². The zero-order valence-electron chi connectivity index (χ0n) is 13.4. The van der Waals surface area contributed by atoms with E-state index in [0.717, 1.165) is 44.9 Å². The van der Waals surface area contributed by atoms with E-state index in [1.807, 2.05) is 7.05 Å². The van der Waals surface area contributed by atoms with Gasteiger partial charge in [0, 0.05) is 12.6 Å². The van der Waals surface area contributed by atoms with Crippen LogP contribution in [0.4, 0.5) is 0 Å². The van der Waals surface area contributed by atoms with Crippen LogP contribution in [0.1, 0.15) is 46.0 Å². The average molecular weight is 281 g/mol. The maximum atomic E-state index is 12.6. The summed E-state index contributed by atoms with van der Waals surface area (Å²) in [6.45, 7) is 8.54. The van der Waals surface area contributed by atoms with Gasteiger partial charge in [-0.3, -0.25) is 9.69 Å². The molecule has 2 rings (SSSR count). The van der Waals surface area contributed by atoms with Gasteiger partial charge in [-0.15, -0.1) is 0 Å². The first-order valence-electron chi connectivity index (χ1n) is 8.32. The molecule has 20 heavy (non-hydrogen) atoms. The van der Waals surface area contributed by atoms with Gasteiger partial charge in [0.15, 0.2) is 0 Å². The summed E-state index contributed by atoms with van der Waals surface area (Å²) in [5, 5.41) is 3.24. The van der Waals surface area contributed by atoms with Crippen LogP contribution in [-0.4, -0.2) is 61.0 Å². The number of carbonyl (C=O) groups excluding carboxylic acids is 1. The summed E-state index contributed by atoms with van der Waals surface area (Å²) in [6, 6.07) is 0.509. The van der Waals surface area contributed by atoms with E-state index in [-0.39, 0.29) is 6.04 Å². The molecule has 0 spiro atoms. The van der Waals surface area contributed by atoms with Gasteiger partial charge in [-0.2, -0.15) is 0 Å². The summed E-state index contributed by atoms with van der Waals surface area (Å²) >= 11 is 0. The Morgan fingerprint density at radius 2 is 1.90 bits per heavy atom. The van der Waals surface area contributed by atoms with E-state index >= 15 is 0 Å². The molecule has 2 aliphatic heterocycles. The minimum atomic E-state index is 0.163. The second kappa shape index (κ2) is 7.41. The average Bonchev–Trinajstić information content (AvgIpc) is 2.46. The highest BCUT2D eigenvalue weighted by Gasteiger charge is 2.35. The molecule has 0 radical (unpaired) electrons. The number of hydrogen-bond acceptors (Lipinski definition) is 3. The van der Waals surface area contributed by atoms with Gasteiger partial charge in [-0.05, 0) is 78.6 Å². The summed E-state index contributed by atoms with van der Waals surface area (Å²) < 4.78 is 0. The van der Waals surface area contributed by atoms with Crippen LogP contribution in [-0.2, 0) is 4.79 Å². The van der Waals surface area contributed by atoms with Gasteiger partial charge in [0.2, 0.25) is 5.91 Å². The Morgan fingerprint density at radius 1 is 1.20 bits per heavy atom. The molecule has 2 aliphatic rings. The molecule has 1 unspecified atom stereocenters. The van der Waals surface area contributed by atoms with E-state index in [0.29, 0.717) is 11.9 Å². The van der Waals surface area contributed by atoms with Crippen LogP contribution in [0.2, 0.25) is 0 Å².